The number of halogens is 1. The number of carbonyl (C=O) groups is 2. The zero-order valence-corrected chi connectivity index (χ0v) is 23.5. The minimum absolute atomic E-state index is 0.0150. The average molecular weight is 581 g/mol. The predicted molar refractivity (Wildman–Crippen MR) is 145 cm³/mol. The number of amides is 2. The van der Waals surface area contributed by atoms with Crippen molar-refractivity contribution in [3.8, 4) is 5.75 Å². The Morgan fingerprint density at radius 3 is 2.39 bits per heavy atom. The summed E-state index contributed by atoms with van der Waals surface area (Å²) in [5.41, 5.74) is 1.24. The summed E-state index contributed by atoms with van der Waals surface area (Å²) >= 11 is 7.16. The Balaban J connectivity index is 1.80. The third-order valence-electron chi connectivity index (χ3n) is 5.59. The summed E-state index contributed by atoms with van der Waals surface area (Å²) in [5.74, 6) is -0.935. The maximum atomic E-state index is 13.4. The molecule has 10 nitrogen and oxygen atoms in total. The summed E-state index contributed by atoms with van der Waals surface area (Å²) in [7, 11) is 0.0300. The van der Waals surface area contributed by atoms with E-state index in [4.69, 9.17) is 16.3 Å². The third kappa shape index (κ3) is 7.74. The summed E-state index contributed by atoms with van der Waals surface area (Å²) in [6.45, 7) is 0.271. The van der Waals surface area contributed by atoms with E-state index in [0.717, 1.165) is 21.2 Å². The summed E-state index contributed by atoms with van der Waals surface area (Å²) in [6.07, 6.45) is -0.114. The fourth-order valence-corrected chi connectivity index (χ4v) is 5.17. The highest BCUT2D eigenvalue weighted by atomic mass is 35.5. The van der Waals surface area contributed by atoms with E-state index in [9.17, 15) is 23.1 Å². The molecule has 0 bridgehead atoms. The third-order valence-corrected chi connectivity index (χ3v) is 8.23. The molecule has 0 saturated carbocycles. The number of nitrogens with zero attached hydrogens (tertiary/aromatic N) is 3. The fraction of sp³-hybridized carbons (Fsp3) is 0.320. The molecule has 2 aromatic carbocycles. The van der Waals surface area contributed by atoms with Crippen molar-refractivity contribution < 1.29 is 27.9 Å². The molecule has 38 heavy (non-hydrogen) atoms. The largest absolute Gasteiger partial charge is 0.497 e. The number of aryl methyl sites for hydroxylation is 1. The number of thiazole rings is 1. The Hall–Kier alpha value is -3.03. The van der Waals surface area contributed by atoms with Gasteiger partial charge in [0.2, 0.25) is 0 Å². The standard InChI is InChI=1S/C25H29ClN4O6S2/c1-29(2)38(34,35)28-24(32)21-23(26)37-20(27-21)16-30(15-7-10-17-8-5-4-6-9-17)25(33)22(31)18-11-13-19(36-3)14-12-18/h4-6,8-9,11-14,22,31H,7,10,15-16H2,1-3H3,(H,28,32)/t22-/m1/s1. The molecule has 0 aliphatic carbocycles. The van der Waals surface area contributed by atoms with Crippen LogP contribution in [0.1, 0.15) is 39.1 Å². The smallest absolute Gasteiger partial charge is 0.303 e. The molecule has 2 N–H and O–H groups in total. The first-order valence-corrected chi connectivity index (χ1v) is 14.2. The number of hydrogen-bond donors (Lipinski definition) is 2. The second-order valence-electron chi connectivity index (χ2n) is 8.47. The second-order valence-corrected chi connectivity index (χ2v) is 12.0. The molecule has 0 radical (unpaired) electrons. The molecular weight excluding hydrogens is 552 g/mol. The van der Waals surface area contributed by atoms with Gasteiger partial charge in [0.05, 0.1) is 13.7 Å². The van der Waals surface area contributed by atoms with E-state index in [-0.39, 0.29) is 16.6 Å². The summed E-state index contributed by atoms with van der Waals surface area (Å²) < 4.78 is 31.9. The van der Waals surface area contributed by atoms with Crippen molar-refractivity contribution in [2.75, 3.05) is 27.7 Å². The van der Waals surface area contributed by atoms with Gasteiger partial charge in [-0.3, -0.25) is 9.59 Å². The van der Waals surface area contributed by atoms with Crippen molar-refractivity contribution in [2.24, 2.45) is 0 Å². The van der Waals surface area contributed by atoms with Gasteiger partial charge in [0.1, 0.15) is 15.1 Å². The van der Waals surface area contributed by atoms with E-state index in [1.165, 1.54) is 26.1 Å². The van der Waals surface area contributed by atoms with Crippen LogP contribution in [0.2, 0.25) is 4.34 Å². The van der Waals surface area contributed by atoms with Gasteiger partial charge in [0.25, 0.3) is 11.8 Å². The molecule has 0 fully saturated rings. The monoisotopic (exact) mass is 580 g/mol. The van der Waals surface area contributed by atoms with Gasteiger partial charge in [-0.15, -0.1) is 11.3 Å². The number of aliphatic hydroxyl groups is 1. The van der Waals surface area contributed by atoms with Crippen LogP contribution in [0.15, 0.2) is 54.6 Å². The molecule has 1 aromatic heterocycles. The molecule has 0 aliphatic heterocycles. The Morgan fingerprint density at radius 2 is 1.79 bits per heavy atom. The zero-order chi connectivity index (χ0) is 27.9. The molecule has 0 saturated heterocycles. The second kappa shape index (κ2) is 13.2. The molecule has 3 aromatic rings. The first kappa shape index (κ1) is 29.5. The number of aliphatic hydroxyl groups excluding tert-OH is 1. The van der Waals surface area contributed by atoms with Gasteiger partial charge in [-0.25, -0.2) is 9.71 Å². The Morgan fingerprint density at radius 1 is 1.13 bits per heavy atom. The molecule has 204 valence electrons. The molecule has 0 spiro atoms. The van der Waals surface area contributed by atoms with Crippen LogP contribution >= 0.6 is 22.9 Å². The van der Waals surface area contributed by atoms with E-state index in [1.807, 2.05) is 35.1 Å². The number of hydrogen-bond acceptors (Lipinski definition) is 8. The van der Waals surface area contributed by atoms with Gasteiger partial charge < -0.3 is 14.7 Å². The van der Waals surface area contributed by atoms with Gasteiger partial charge in [-0.2, -0.15) is 12.7 Å². The van der Waals surface area contributed by atoms with Gasteiger partial charge in [0, 0.05) is 20.6 Å². The zero-order valence-electron chi connectivity index (χ0n) is 21.1. The van der Waals surface area contributed by atoms with Crippen LogP contribution in [0.3, 0.4) is 0 Å². The maximum absolute atomic E-state index is 13.4. The molecule has 13 heteroatoms. The van der Waals surface area contributed by atoms with E-state index in [0.29, 0.717) is 35.7 Å². The first-order valence-electron chi connectivity index (χ1n) is 11.6. The molecule has 2 amide bonds. The van der Waals surface area contributed by atoms with Crippen molar-refractivity contribution in [3.63, 3.8) is 0 Å². The van der Waals surface area contributed by atoms with Gasteiger partial charge >= 0.3 is 10.2 Å². The van der Waals surface area contributed by atoms with E-state index in [1.54, 1.807) is 24.3 Å². The molecule has 0 unspecified atom stereocenters. The van der Waals surface area contributed by atoms with Gasteiger partial charge in [0.15, 0.2) is 11.8 Å². The van der Waals surface area contributed by atoms with Gasteiger partial charge in [-0.05, 0) is 36.1 Å². The molecule has 1 atom stereocenters. The minimum Gasteiger partial charge on any atom is -0.497 e. The normalized spacial score (nSPS) is 12.3. The van der Waals surface area contributed by atoms with Crippen LogP contribution in [0, 0.1) is 0 Å². The van der Waals surface area contributed by atoms with Gasteiger partial charge in [-0.1, -0.05) is 54.1 Å². The molecular formula is C25H29ClN4O6S2. The molecule has 1 heterocycles. The SMILES string of the molecule is COc1ccc([C@@H](O)C(=O)N(CCCc2ccccc2)Cc2nc(C(=O)NS(=O)(=O)N(C)C)c(Cl)s2)cc1. The Kier molecular flexibility index (Phi) is 10.2. The van der Waals surface area contributed by atoms with Crippen LogP contribution in [0.5, 0.6) is 5.75 Å². The fourth-order valence-electron chi connectivity index (χ4n) is 3.46. The minimum atomic E-state index is -4.04. The van der Waals surface area contributed by atoms with E-state index < -0.39 is 28.1 Å². The highest BCUT2D eigenvalue weighted by Crippen LogP contribution is 2.27. The number of rotatable bonds is 12. The summed E-state index contributed by atoms with van der Waals surface area (Å²) in [4.78, 5) is 31.5. The van der Waals surface area contributed by atoms with Crippen molar-refractivity contribution in [3.05, 3.63) is 80.8 Å². The first-order chi connectivity index (χ1) is 18.0. The summed E-state index contributed by atoms with van der Waals surface area (Å²) in [6, 6.07) is 16.3. The lowest BCUT2D eigenvalue weighted by molar-refractivity contribution is -0.141. The average Bonchev–Trinajstić information content (AvgIpc) is 3.27. The van der Waals surface area contributed by atoms with Crippen LogP contribution in [-0.2, 0) is 28.0 Å². The number of methoxy groups -OCH3 is 1. The molecule has 0 aliphatic rings. The molecule has 3 rings (SSSR count). The highest BCUT2D eigenvalue weighted by molar-refractivity contribution is 7.87. The number of benzene rings is 2. The van der Waals surface area contributed by atoms with Crippen LogP contribution in [-0.4, -0.2) is 67.3 Å². The van der Waals surface area contributed by atoms with E-state index >= 15 is 0 Å². The van der Waals surface area contributed by atoms with Crippen LogP contribution < -0.4 is 9.46 Å². The van der Waals surface area contributed by atoms with Crippen LogP contribution in [0.4, 0.5) is 0 Å². The van der Waals surface area contributed by atoms with Crippen molar-refractivity contribution >= 4 is 45.0 Å². The number of carbonyl (C=O) groups excluding carboxylic acids is 2. The lowest BCUT2D eigenvalue weighted by Gasteiger charge is -2.25. The van der Waals surface area contributed by atoms with Crippen molar-refractivity contribution in [1.29, 1.82) is 0 Å². The number of aromatic nitrogens is 1. The van der Waals surface area contributed by atoms with Crippen molar-refractivity contribution in [1.82, 2.24) is 18.9 Å². The maximum Gasteiger partial charge on any atom is 0.303 e. The Labute approximate surface area is 231 Å². The van der Waals surface area contributed by atoms with Crippen molar-refractivity contribution in [2.45, 2.75) is 25.5 Å². The lowest BCUT2D eigenvalue weighted by atomic mass is 10.1. The number of nitrogens with one attached hydrogen (secondary N) is 1. The Bertz CT molecular complexity index is 1350. The van der Waals surface area contributed by atoms with Crippen LogP contribution in [0.25, 0.3) is 0 Å². The lowest BCUT2D eigenvalue weighted by Crippen LogP contribution is -2.39. The topological polar surface area (TPSA) is 129 Å². The predicted octanol–water partition coefficient (Wildman–Crippen LogP) is 3.04. The van der Waals surface area contributed by atoms with E-state index in [2.05, 4.69) is 4.98 Å². The quantitative estimate of drug-likeness (QED) is 0.337. The highest BCUT2D eigenvalue weighted by Gasteiger charge is 2.27. The number of ether oxygens (including phenoxy) is 1. The summed E-state index contributed by atoms with van der Waals surface area (Å²) in [5, 5.41) is 11.2.